The molecule has 200 valence electrons. The molecule has 10 nitrogen and oxygen atoms in total. The first-order valence-electron chi connectivity index (χ1n) is 12.1. The van der Waals surface area contributed by atoms with Crippen molar-refractivity contribution in [3.63, 3.8) is 0 Å². The Hall–Kier alpha value is -4.71. The highest BCUT2D eigenvalue weighted by Crippen LogP contribution is 2.35. The second kappa shape index (κ2) is 10.2. The first kappa shape index (κ1) is 25.9. The fraction of sp³-hybridized carbons (Fsp3) is 0.222. The van der Waals surface area contributed by atoms with Crippen molar-refractivity contribution in [3.8, 4) is 0 Å². The molecule has 2 aromatic heterocycles. The number of aromatic carboxylic acids is 2. The normalized spacial score (nSPS) is 14.4. The van der Waals surface area contributed by atoms with Gasteiger partial charge in [0, 0.05) is 19.1 Å². The number of aromatic nitrogens is 3. The number of benzene rings is 2. The molecular weight excluding hydrogens is 512 g/mol. The van der Waals surface area contributed by atoms with E-state index in [1.807, 2.05) is 0 Å². The largest absolute Gasteiger partial charge is 0.478 e. The van der Waals surface area contributed by atoms with Gasteiger partial charge in [-0.2, -0.15) is 5.10 Å². The lowest BCUT2D eigenvalue weighted by Crippen LogP contribution is -2.26. The second-order valence-corrected chi connectivity index (χ2v) is 9.25. The standard InChI is InChI=1S/C27H23F2N5O5/c1-13-16-5-7-22(18(16)4-3-17(13)26(36)37)30-11-15-9-23(33-24-19(27(38)39)12-32-34(15)24)25(35)31-10-14-2-6-20(28)21(29)8-14/h2-4,6,8-9,12,22,30H,5,7,10-11H2,1H3,(H,31,35)(H,36,37)(H,38,39)/t22-/m0/s1. The Morgan fingerprint density at radius 3 is 2.51 bits per heavy atom. The summed E-state index contributed by atoms with van der Waals surface area (Å²) in [6, 6.07) is 8.04. The van der Waals surface area contributed by atoms with Gasteiger partial charge in [-0.3, -0.25) is 4.79 Å². The number of hydrogen-bond donors (Lipinski definition) is 4. The predicted molar refractivity (Wildman–Crippen MR) is 134 cm³/mol. The molecule has 0 spiro atoms. The average Bonchev–Trinajstić information content (AvgIpc) is 3.52. The van der Waals surface area contributed by atoms with Crippen molar-refractivity contribution in [1.29, 1.82) is 0 Å². The Bertz CT molecular complexity index is 1650. The highest BCUT2D eigenvalue weighted by molar-refractivity contribution is 5.96. The zero-order chi connectivity index (χ0) is 27.8. The number of amides is 1. The molecule has 5 rings (SSSR count). The number of carboxylic acid groups (broad SMARTS) is 2. The first-order valence-corrected chi connectivity index (χ1v) is 12.1. The second-order valence-electron chi connectivity index (χ2n) is 9.25. The van der Waals surface area contributed by atoms with Crippen LogP contribution in [0.3, 0.4) is 0 Å². The number of hydrogen-bond acceptors (Lipinski definition) is 6. The van der Waals surface area contributed by atoms with E-state index in [0.29, 0.717) is 17.7 Å². The van der Waals surface area contributed by atoms with Crippen LogP contribution >= 0.6 is 0 Å². The monoisotopic (exact) mass is 535 g/mol. The molecule has 0 bridgehead atoms. The number of carbonyl (C=O) groups is 3. The Kier molecular flexibility index (Phi) is 6.79. The first-order chi connectivity index (χ1) is 18.6. The lowest BCUT2D eigenvalue weighted by Gasteiger charge is -2.16. The van der Waals surface area contributed by atoms with Crippen LogP contribution in [0, 0.1) is 18.6 Å². The van der Waals surface area contributed by atoms with E-state index in [-0.39, 0.29) is 41.6 Å². The number of rotatable bonds is 8. The topological polar surface area (TPSA) is 146 Å². The molecule has 0 radical (unpaired) electrons. The third-order valence-electron chi connectivity index (χ3n) is 6.90. The number of carboxylic acids is 2. The van der Waals surface area contributed by atoms with Crippen LogP contribution in [0.1, 0.15) is 71.6 Å². The van der Waals surface area contributed by atoms with E-state index in [9.17, 15) is 33.4 Å². The Balaban J connectivity index is 1.40. The van der Waals surface area contributed by atoms with Gasteiger partial charge in [0.25, 0.3) is 5.91 Å². The Morgan fingerprint density at radius 1 is 1.03 bits per heavy atom. The van der Waals surface area contributed by atoms with Gasteiger partial charge in [0.1, 0.15) is 11.3 Å². The third kappa shape index (κ3) is 4.93. The number of halogens is 2. The molecule has 1 aliphatic rings. The summed E-state index contributed by atoms with van der Waals surface area (Å²) in [5, 5.41) is 29.1. The van der Waals surface area contributed by atoms with Crippen molar-refractivity contribution >= 4 is 23.5 Å². The molecule has 2 aromatic carbocycles. The van der Waals surface area contributed by atoms with E-state index in [1.54, 1.807) is 19.1 Å². The van der Waals surface area contributed by atoms with Gasteiger partial charge in [-0.15, -0.1) is 0 Å². The van der Waals surface area contributed by atoms with Crippen LogP contribution < -0.4 is 10.6 Å². The van der Waals surface area contributed by atoms with Gasteiger partial charge in [0.05, 0.1) is 17.5 Å². The van der Waals surface area contributed by atoms with Crippen molar-refractivity contribution in [2.24, 2.45) is 0 Å². The van der Waals surface area contributed by atoms with Gasteiger partial charge >= 0.3 is 11.9 Å². The zero-order valence-corrected chi connectivity index (χ0v) is 20.7. The fourth-order valence-electron chi connectivity index (χ4n) is 4.89. The van der Waals surface area contributed by atoms with Crippen LogP contribution in [0.15, 0.2) is 42.6 Å². The van der Waals surface area contributed by atoms with Crippen molar-refractivity contribution in [2.75, 3.05) is 0 Å². The highest BCUT2D eigenvalue weighted by Gasteiger charge is 2.27. The molecule has 2 heterocycles. The maximum atomic E-state index is 13.5. The molecule has 0 saturated heterocycles. The van der Waals surface area contributed by atoms with Crippen LogP contribution in [0.4, 0.5) is 8.78 Å². The molecular formula is C27H23F2N5O5. The molecule has 1 amide bonds. The fourth-order valence-corrected chi connectivity index (χ4v) is 4.89. The molecule has 1 atom stereocenters. The number of fused-ring (bicyclic) bond motifs is 2. The van der Waals surface area contributed by atoms with E-state index in [1.165, 1.54) is 16.6 Å². The maximum absolute atomic E-state index is 13.5. The summed E-state index contributed by atoms with van der Waals surface area (Å²) in [7, 11) is 0. The number of carbonyl (C=O) groups excluding carboxylic acids is 1. The van der Waals surface area contributed by atoms with Crippen molar-refractivity contribution < 1.29 is 33.4 Å². The van der Waals surface area contributed by atoms with E-state index >= 15 is 0 Å². The van der Waals surface area contributed by atoms with E-state index in [0.717, 1.165) is 41.4 Å². The molecule has 0 fully saturated rings. The average molecular weight is 536 g/mol. The van der Waals surface area contributed by atoms with Crippen molar-refractivity contribution in [3.05, 3.63) is 99.0 Å². The van der Waals surface area contributed by atoms with Gasteiger partial charge < -0.3 is 20.8 Å². The molecule has 12 heteroatoms. The Labute approximate surface area is 220 Å². The molecule has 0 saturated carbocycles. The quantitative estimate of drug-likeness (QED) is 0.269. The minimum Gasteiger partial charge on any atom is -0.478 e. The van der Waals surface area contributed by atoms with Crippen LogP contribution in [0.5, 0.6) is 0 Å². The molecule has 0 aliphatic heterocycles. The van der Waals surface area contributed by atoms with E-state index < -0.39 is 29.5 Å². The minimum atomic E-state index is -1.26. The summed E-state index contributed by atoms with van der Waals surface area (Å²) in [5.41, 5.74) is 3.49. The van der Waals surface area contributed by atoms with E-state index in [2.05, 4.69) is 20.7 Å². The zero-order valence-electron chi connectivity index (χ0n) is 20.7. The van der Waals surface area contributed by atoms with Crippen LogP contribution in [0.25, 0.3) is 5.65 Å². The third-order valence-corrected chi connectivity index (χ3v) is 6.90. The molecule has 0 unspecified atom stereocenters. The number of nitrogens with zero attached hydrogens (tertiary/aromatic N) is 3. The number of nitrogens with one attached hydrogen (secondary N) is 2. The molecule has 39 heavy (non-hydrogen) atoms. The van der Waals surface area contributed by atoms with Gasteiger partial charge in [-0.25, -0.2) is 27.9 Å². The summed E-state index contributed by atoms with van der Waals surface area (Å²) >= 11 is 0. The minimum absolute atomic E-state index is 0.0199. The molecule has 4 N–H and O–H groups in total. The lowest BCUT2D eigenvalue weighted by atomic mass is 9.98. The Morgan fingerprint density at radius 2 is 1.79 bits per heavy atom. The summed E-state index contributed by atoms with van der Waals surface area (Å²) in [5.74, 6) is -4.91. The van der Waals surface area contributed by atoms with Gasteiger partial charge in [-0.05, 0) is 66.3 Å². The highest BCUT2D eigenvalue weighted by atomic mass is 19.2. The SMILES string of the molecule is Cc1c(C(=O)O)ccc2c1CC[C@@H]2NCc1cc(C(=O)NCc2ccc(F)c(F)c2)nc2c(C(=O)O)cnn12. The van der Waals surface area contributed by atoms with Gasteiger partial charge in [-0.1, -0.05) is 12.1 Å². The molecule has 1 aliphatic carbocycles. The van der Waals surface area contributed by atoms with Crippen LogP contribution in [-0.4, -0.2) is 42.7 Å². The smallest absolute Gasteiger partial charge is 0.341 e. The van der Waals surface area contributed by atoms with Crippen molar-refractivity contribution in [2.45, 2.75) is 38.9 Å². The van der Waals surface area contributed by atoms with E-state index in [4.69, 9.17) is 0 Å². The summed E-state index contributed by atoms with van der Waals surface area (Å²) in [6.45, 7) is 1.89. The summed E-state index contributed by atoms with van der Waals surface area (Å²) in [6.07, 6.45) is 2.58. The van der Waals surface area contributed by atoms with Crippen LogP contribution in [-0.2, 0) is 19.5 Å². The summed E-state index contributed by atoms with van der Waals surface area (Å²) in [4.78, 5) is 40.4. The summed E-state index contributed by atoms with van der Waals surface area (Å²) < 4.78 is 28.1. The molecule has 4 aromatic rings. The van der Waals surface area contributed by atoms with Crippen molar-refractivity contribution in [1.82, 2.24) is 25.2 Å². The van der Waals surface area contributed by atoms with Gasteiger partial charge in [0.2, 0.25) is 0 Å². The maximum Gasteiger partial charge on any atom is 0.341 e. The predicted octanol–water partition coefficient (Wildman–Crippen LogP) is 3.42. The van der Waals surface area contributed by atoms with Gasteiger partial charge in [0.15, 0.2) is 17.3 Å². The van der Waals surface area contributed by atoms with Crippen LogP contribution in [0.2, 0.25) is 0 Å². The lowest BCUT2D eigenvalue weighted by molar-refractivity contribution is 0.0686.